The molecule has 0 N–H and O–H groups in total. The van der Waals surface area contributed by atoms with Gasteiger partial charge in [-0.1, -0.05) is 11.6 Å². The lowest BCUT2D eigenvalue weighted by Crippen LogP contribution is -2.38. The molecule has 19 heavy (non-hydrogen) atoms. The highest BCUT2D eigenvalue weighted by atomic mass is 35.5. The SMILES string of the molecule is COCCN(c1cc(C#N)cc(Cl)n1)C(C)C1CC1. The van der Waals surface area contributed by atoms with Crippen LogP contribution in [-0.2, 0) is 4.74 Å². The molecule has 1 aromatic rings. The number of hydrogen-bond donors (Lipinski definition) is 0. The number of rotatable bonds is 6. The molecular weight excluding hydrogens is 262 g/mol. The summed E-state index contributed by atoms with van der Waals surface area (Å²) in [4.78, 5) is 6.54. The van der Waals surface area contributed by atoms with E-state index >= 15 is 0 Å². The van der Waals surface area contributed by atoms with Crippen LogP contribution in [0.4, 0.5) is 5.82 Å². The van der Waals surface area contributed by atoms with Crippen LogP contribution in [0.1, 0.15) is 25.3 Å². The number of halogens is 1. The van der Waals surface area contributed by atoms with Crippen LogP contribution < -0.4 is 4.90 Å². The van der Waals surface area contributed by atoms with Crippen molar-refractivity contribution >= 4 is 17.4 Å². The molecule has 0 bridgehead atoms. The number of anilines is 1. The van der Waals surface area contributed by atoms with Gasteiger partial charge in [0.2, 0.25) is 0 Å². The maximum Gasteiger partial charge on any atom is 0.132 e. The zero-order chi connectivity index (χ0) is 13.8. The Hall–Kier alpha value is -1.31. The van der Waals surface area contributed by atoms with Crippen molar-refractivity contribution in [3.63, 3.8) is 0 Å². The monoisotopic (exact) mass is 279 g/mol. The summed E-state index contributed by atoms with van der Waals surface area (Å²) < 4.78 is 5.16. The van der Waals surface area contributed by atoms with Crippen LogP contribution in [0.2, 0.25) is 5.15 Å². The highest BCUT2D eigenvalue weighted by Crippen LogP contribution is 2.36. The topological polar surface area (TPSA) is 49.1 Å². The van der Waals surface area contributed by atoms with E-state index in [2.05, 4.69) is 22.9 Å². The fraction of sp³-hybridized carbons (Fsp3) is 0.571. The average Bonchev–Trinajstić information content (AvgIpc) is 3.22. The highest BCUT2D eigenvalue weighted by Gasteiger charge is 2.32. The second-order valence-corrected chi connectivity index (χ2v) is 5.30. The molecule has 1 heterocycles. The van der Waals surface area contributed by atoms with Crippen LogP contribution in [0.15, 0.2) is 12.1 Å². The number of nitrogens with zero attached hydrogens (tertiary/aromatic N) is 3. The van der Waals surface area contributed by atoms with Crippen molar-refractivity contribution in [3.8, 4) is 6.07 Å². The first kappa shape index (κ1) is 14.1. The van der Waals surface area contributed by atoms with Crippen molar-refractivity contribution < 1.29 is 4.74 Å². The van der Waals surface area contributed by atoms with Crippen molar-refractivity contribution in [1.29, 1.82) is 5.26 Å². The van der Waals surface area contributed by atoms with Crippen LogP contribution in [0.25, 0.3) is 0 Å². The van der Waals surface area contributed by atoms with Gasteiger partial charge in [0, 0.05) is 19.7 Å². The lowest BCUT2D eigenvalue weighted by molar-refractivity contribution is 0.202. The van der Waals surface area contributed by atoms with Gasteiger partial charge in [-0.25, -0.2) is 4.98 Å². The average molecular weight is 280 g/mol. The highest BCUT2D eigenvalue weighted by molar-refractivity contribution is 6.29. The summed E-state index contributed by atoms with van der Waals surface area (Å²) in [6.45, 7) is 3.58. The zero-order valence-electron chi connectivity index (χ0n) is 11.3. The van der Waals surface area contributed by atoms with Gasteiger partial charge < -0.3 is 9.64 Å². The zero-order valence-corrected chi connectivity index (χ0v) is 12.0. The number of methoxy groups -OCH3 is 1. The van der Waals surface area contributed by atoms with Crippen LogP contribution >= 0.6 is 11.6 Å². The van der Waals surface area contributed by atoms with Gasteiger partial charge in [-0.3, -0.25) is 0 Å². The third-order valence-corrected chi connectivity index (χ3v) is 3.73. The third-order valence-electron chi connectivity index (χ3n) is 3.54. The summed E-state index contributed by atoms with van der Waals surface area (Å²) in [7, 11) is 1.69. The molecule has 1 saturated carbocycles. The van der Waals surface area contributed by atoms with Gasteiger partial charge in [0.25, 0.3) is 0 Å². The van der Waals surface area contributed by atoms with E-state index in [0.29, 0.717) is 29.3 Å². The second kappa shape index (κ2) is 6.23. The predicted molar refractivity (Wildman–Crippen MR) is 75.4 cm³/mol. The van der Waals surface area contributed by atoms with Gasteiger partial charge in [0.15, 0.2) is 0 Å². The molecule has 1 fully saturated rings. The first-order valence-electron chi connectivity index (χ1n) is 6.49. The van der Waals surface area contributed by atoms with Crippen LogP contribution in [0.5, 0.6) is 0 Å². The minimum Gasteiger partial charge on any atom is -0.383 e. The molecule has 5 heteroatoms. The normalized spacial score (nSPS) is 15.9. The second-order valence-electron chi connectivity index (χ2n) is 4.91. The summed E-state index contributed by atoms with van der Waals surface area (Å²) >= 11 is 5.99. The number of hydrogen-bond acceptors (Lipinski definition) is 4. The maximum atomic E-state index is 9.02. The first-order chi connectivity index (χ1) is 9.15. The van der Waals surface area contributed by atoms with Crippen molar-refractivity contribution in [2.24, 2.45) is 5.92 Å². The molecule has 1 aliphatic rings. The van der Waals surface area contributed by atoms with E-state index in [9.17, 15) is 0 Å². The summed E-state index contributed by atoms with van der Waals surface area (Å²) in [5, 5.41) is 9.39. The van der Waals surface area contributed by atoms with Crippen molar-refractivity contribution in [3.05, 3.63) is 22.8 Å². The smallest absolute Gasteiger partial charge is 0.132 e. The summed E-state index contributed by atoms with van der Waals surface area (Å²) in [5.41, 5.74) is 0.542. The van der Waals surface area contributed by atoms with Crippen molar-refractivity contribution in [2.45, 2.75) is 25.8 Å². The largest absolute Gasteiger partial charge is 0.383 e. The first-order valence-corrected chi connectivity index (χ1v) is 6.86. The third kappa shape index (κ3) is 3.59. The number of nitriles is 1. The molecule has 0 aliphatic heterocycles. The Morgan fingerprint density at radius 2 is 2.32 bits per heavy atom. The van der Waals surface area contributed by atoms with E-state index in [1.807, 2.05) is 0 Å². The molecule has 1 aliphatic carbocycles. The minimum atomic E-state index is 0.361. The molecular formula is C14H18ClN3O. The Kier molecular flexibility index (Phi) is 4.62. The molecule has 102 valence electrons. The van der Waals surface area contributed by atoms with E-state index in [-0.39, 0.29) is 0 Å². The quantitative estimate of drug-likeness (QED) is 0.752. The molecule has 0 aromatic carbocycles. The fourth-order valence-electron chi connectivity index (χ4n) is 2.24. The van der Waals surface area contributed by atoms with Gasteiger partial charge in [-0.15, -0.1) is 0 Å². The fourth-order valence-corrected chi connectivity index (χ4v) is 2.45. The lowest BCUT2D eigenvalue weighted by Gasteiger charge is -2.30. The molecule has 4 nitrogen and oxygen atoms in total. The Morgan fingerprint density at radius 3 is 2.89 bits per heavy atom. The van der Waals surface area contributed by atoms with E-state index in [4.69, 9.17) is 21.6 Å². The molecule has 2 rings (SSSR count). The van der Waals surface area contributed by atoms with Crippen molar-refractivity contribution in [1.82, 2.24) is 4.98 Å². The Bertz CT molecular complexity index is 482. The summed E-state index contributed by atoms with van der Waals surface area (Å²) in [5.74, 6) is 1.48. The van der Waals surface area contributed by atoms with Crippen LogP contribution in [-0.4, -0.2) is 31.3 Å². The van der Waals surface area contributed by atoms with E-state index in [1.54, 1.807) is 19.2 Å². The summed E-state index contributed by atoms with van der Waals surface area (Å²) in [6.07, 6.45) is 2.52. The molecule has 1 atom stereocenters. The Balaban J connectivity index is 2.25. The standard InChI is InChI=1S/C14H18ClN3O/c1-10(12-3-4-12)18(5-6-19-2)14-8-11(9-16)7-13(15)17-14/h7-8,10,12H,3-6H2,1-2H3. The molecule has 0 radical (unpaired) electrons. The Morgan fingerprint density at radius 1 is 1.58 bits per heavy atom. The van der Waals surface area contributed by atoms with Crippen LogP contribution in [0, 0.1) is 17.2 Å². The molecule has 0 amide bonds. The molecule has 1 unspecified atom stereocenters. The van der Waals surface area contributed by atoms with Gasteiger partial charge in [0.1, 0.15) is 11.0 Å². The molecule has 0 saturated heterocycles. The molecule has 0 spiro atoms. The van der Waals surface area contributed by atoms with E-state index in [0.717, 1.165) is 12.4 Å². The maximum absolute atomic E-state index is 9.02. The molecule has 1 aromatic heterocycles. The van der Waals surface area contributed by atoms with Gasteiger partial charge in [-0.05, 0) is 37.8 Å². The van der Waals surface area contributed by atoms with Crippen LogP contribution in [0.3, 0.4) is 0 Å². The van der Waals surface area contributed by atoms with Gasteiger partial charge >= 0.3 is 0 Å². The van der Waals surface area contributed by atoms with Crippen molar-refractivity contribution in [2.75, 3.05) is 25.2 Å². The number of ether oxygens (including phenoxy) is 1. The lowest BCUT2D eigenvalue weighted by atomic mass is 10.1. The van der Waals surface area contributed by atoms with Gasteiger partial charge in [0.05, 0.1) is 18.2 Å². The predicted octanol–water partition coefficient (Wildman–Crippen LogP) is 2.86. The Labute approximate surface area is 118 Å². The van der Waals surface area contributed by atoms with E-state index in [1.165, 1.54) is 12.8 Å². The van der Waals surface area contributed by atoms with Gasteiger partial charge in [-0.2, -0.15) is 5.26 Å². The summed E-state index contributed by atoms with van der Waals surface area (Å²) in [6, 6.07) is 5.89. The number of aromatic nitrogens is 1. The number of pyridine rings is 1. The van der Waals surface area contributed by atoms with E-state index < -0.39 is 0 Å². The minimum absolute atomic E-state index is 0.361.